The highest BCUT2D eigenvalue weighted by atomic mass is 16.3. The maximum absolute atomic E-state index is 9.93. The van der Waals surface area contributed by atoms with Gasteiger partial charge < -0.3 is 10.4 Å². The van der Waals surface area contributed by atoms with E-state index in [1.54, 1.807) is 17.8 Å². The molecule has 1 unspecified atom stereocenters. The molecule has 1 atom stereocenters. The zero-order chi connectivity index (χ0) is 14.7. The van der Waals surface area contributed by atoms with Crippen molar-refractivity contribution in [1.29, 1.82) is 0 Å². The molecule has 1 aliphatic heterocycles. The molecule has 2 aromatic rings. The number of phenols is 1. The first-order valence-corrected chi connectivity index (χ1v) is 7.51. The summed E-state index contributed by atoms with van der Waals surface area (Å²) in [4.78, 5) is 0. The van der Waals surface area contributed by atoms with Crippen LogP contribution < -0.4 is 5.32 Å². The number of aryl methyl sites for hydroxylation is 2. The minimum atomic E-state index is 0.266. The second-order valence-electron chi connectivity index (χ2n) is 5.70. The van der Waals surface area contributed by atoms with E-state index in [1.165, 1.54) is 19.3 Å². The zero-order valence-corrected chi connectivity index (χ0v) is 12.3. The standard InChI is InChI=1S/C15H21N5O/c1-20-15(17-18-19-20)12-8-11(9-14(21)10-12)5-6-13-4-2-3-7-16-13/h8-10,13,16,21H,2-7H2,1H3. The molecule has 1 aromatic carbocycles. The van der Waals surface area contributed by atoms with Crippen molar-refractivity contribution in [3.05, 3.63) is 23.8 Å². The lowest BCUT2D eigenvalue weighted by atomic mass is 9.97. The van der Waals surface area contributed by atoms with Crippen LogP contribution >= 0.6 is 0 Å². The van der Waals surface area contributed by atoms with Crippen molar-refractivity contribution in [2.45, 2.75) is 38.1 Å². The molecule has 0 bridgehead atoms. The minimum absolute atomic E-state index is 0.266. The first-order valence-electron chi connectivity index (χ1n) is 7.51. The van der Waals surface area contributed by atoms with E-state index in [9.17, 15) is 5.11 Å². The lowest BCUT2D eigenvalue weighted by molar-refractivity contribution is 0.382. The Labute approximate surface area is 124 Å². The maximum Gasteiger partial charge on any atom is 0.181 e. The number of rotatable bonds is 4. The Morgan fingerprint density at radius 2 is 2.24 bits per heavy atom. The van der Waals surface area contributed by atoms with Crippen LogP contribution in [-0.4, -0.2) is 37.9 Å². The van der Waals surface area contributed by atoms with Crippen LogP contribution in [0.3, 0.4) is 0 Å². The summed E-state index contributed by atoms with van der Waals surface area (Å²) in [5.74, 6) is 0.935. The van der Waals surface area contributed by atoms with E-state index in [4.69, 9.17) is 0 Å². The topological polar surface area (TPSA) is 75.9 Å². The summed E-state index contributed by atoms with van der Waals surface area (Å²) >= 11 is 0. The van der Waals surface area contributed by atoms with Crippen molar-refractivity contribution in [3.8, 4) is 17.1 Å². The van der Waals surface area contributed by atoms with E-state index in [1.807, 2.05) is 6.07 Å². The van der Waals surface area contributed by atoms with Gasteiger partial charge in [0.1, 0.15) is 5.75 Å². The first kappa shape index (κ1) is 14.0. The molecule has 21 heavy (non-hydrogen) atoms. The number of tetrazole rings is 1. The number of nitrogens with one attached hydrogen (secondary N) is 1. The van der Waals surface area contributed by atoms with E-state index < -0.39 is 0 Å². The molecule has 1 fully saturated rings. The molecule has 0 saturated carbocycles. The number of aromatic nitrogens is 4. The maximum atomic E-state index is 9.93. The Balaban J connectivity index is 1.73. The van der Waals surface area contributed by atoms with Crippen molar-refractivity contribution in [3.63, 3.8) is 0 Å². The number of hydrogen-bond donors (Lipinski definition) is 2. The highest BCUT2D eigenvalue weighted by molar-refractivity contribution is 5.58. The lowest BCUT2D eigenvalue weighted by Gasteiger charge is -2.23. The van der Waals surface area contributed by atoms with E-state index in [2.05, 4.69) is 26.9 Å². The fraction of sp³-hybridized carbons (Fsp3) is 0.533. The zero-order valence-electron chi connectivity index (χ0n) is 12.3. The Morgan fingerprint density at radius 1 is 1.33 bits per heavy atom. The summed E-state index contributed by atoms with van der Waals surface area (Å²) < 4.78 is 1.61. The lowest BCUT2D eigenvalue weighted by Crippen LogP contribution is -2.34. The van der Waals surface area contributed by atoms with Gasteiger partial charge in [-0.25, -0.2) is 4.68 Å². The van der Waals surface area contributed by atoms with E-state index in [-0.39, 0.29) is 5.75 Å². The molecule has 6 nitrogen and oxygen atoms in total. The highest BCUT2D eigenvalue weighted by Gasteiger charge is 2.13. The van der Waals surface area contributed by atoms with E-state index in [0.717, 1.165) is 30.5 Å². The normalized spacial score (nSPS) is 18.8. The van der Waals surface area contributed by atoms with Crippen molar-refractivity contribution in [2.75, 3.05) is 6.54 Å². The summed E-state index contributed by atoms with van der Waals surface area (Å²) in [7, 11) is 1.80. The largest absolute Gasteiger partial charge is 0.508 e. The third kappa shape index (κ3) is 3.39. The van der Waals surface area contributed by atoms with E-state index in [0.29, 0.717) is 11.9 Å². The molecule has 6 heteroatoms. The molecule has 0 amide bonds. The number of benzene rings is 1. The fourth-order valence-corrected chi connectivity index (χ4v) is 2.93. The molecule has 3 rings (SSSR count). The molecule has 1 aromatic heterocycles. The monoisotopic (exact) mass is 287 g/mol. The Bertz CT molecular complexity index is 604. The molecule has 0 aliphatic carbocycles. The molecule has 1 aliphatic rings. The second-order valence-corrected chi connectivity index (χ2v) is 5.70. The predicted molar refractivity (Wildman–Crippen MR) is 79.9 cm³/mol. The van der Waals surface area contributed by atoms with Gasteiger partial charge in [-0.05, 0) is 66.4 Å². The van der Waals surface area contributed by atoms with Crippen LogP contribution in [0.2, 0.25) is 0 Å². The second kappa shape index (κ2) is 6.22. The molecule has 0 spiro atoms. The third-order valence-corrected chi connectivity index (χ3v) is 4.05. The highest BCUT2D eigenvalue weighted by Crippen LogP contribution is 2.24. The summed E-state index contributed by atoms with van der Waals surface area (Å²) in [6.07, 6.45) is 5.89. The number of phenolic OH excluding ortho intramolecular Hbond substituents is 1. The summed E-state index contributed by atoms with van der Waals surface area (Å²) in [6.45, 7) is 1.13. The van der Waals surface area contributed by atoms with Gasteiger partial charge in [-0.3, -0.25) is 0 Å². The molecule has 1 saturated heterocycles. The number of aromatic hydroxyl groups is 1. The van der Waals surface area contributed by atoms with Gasteiger partial charge in [-0.15, -0.1) is 5.10 Å². The minimum Gasteiger partial charge on any atom is -0.508 e. The smallest absolute Gasteiger partial charge is 0.181 e. The van der Waals surface area contributed by atoms with Gasteiger partial charge in [-0.1, -0.05) is 6.42 Å². The van der Waals surface area contributed by atoms with Gasteiger partial charge in [0.05, 0.1) is 0 Å². The van der Waals surface area contributed by atoms with Crippen LogP contribution in [-0.2, 0) is 13.5 Å². The van der Waals surface area contributed by atoms with Crippen molar-refractivity contribution in [1.82, 2.24) is 25.5 Å². The van der Waals surface area contributed by atoms with Gasteiger partial charge >= 0.3 is 0 Å². The summed E-state index contributed by atoms with van der Waals surface area (Å²) in [5, 5.41) is 25.0. The first-order chi connectivity index (χ1) is 10.2. The predicted octanol–water partition coefficient (Wildman–Crippen LogP) is 1.66. The van der Waals surface area contributed by atoms with Crippen LogP contribution in [0.15, 0.2) is 18.2 Å². The molecule has 112 valence electrons. The molecule has 0 radical (unpaired) electrons. The van der Waals surface area contributed by atoms with Crippen molar-refractivity contribution < 1.29 is 5.11 Å². The van der Waals surface area contributed by atoms with Crippen LogP contribution in [0.5, 0.6) is 5.75 Å². The average molecular weight is 287 g/mol. The van der Waals surface area contributed by atoms with Crippen LogP contribution in [0, 0.1) is 0 Å². The average Bonchev–Trinajstić information content (AvgIpc) is 2.92. The van der Waals surface area contributed by atoms with Crippen molar-refractivity contribution in [2.24, 2.45) is 7.05 Å². The van der Waals surface area contributed by atoms with Crippen LogP contribution in [0.1, 0.15) is 31.2 Å². The van der Waals surface area contributed by atoms with E-state index >= 15 is 0 Å². The number of piperidine rings is 1. The Kier molecular flexibility index (Phi) is 4.15. The third-order valence-electron chi connectivity index (χ3n) is 4.05. The number of nitrogens with zero attached hydrogens (tertiary/aromatic N) is 4. The molecular weight excluding hydrogens is 266 g/mol. The van der Waals surface area contributed by atoms with Gasteiger partial charge in [0, 0.05) is 18.7 Å². The molecule has 2 N–H and O–H groups in total. The van der Waals surface area contributed by atoms with Gasteiger partial charge in [0.2, 0.25) is 0 Å². The molecule has 2 heterocycles. The van der Waals surface area contributed by atoms with Crippen molar-refractivity contribution >= 4 is 0 Å². The Hall–Kier alpha value is -1.95. The van der Waals surface area contributed by atoms with Crippen LogP contribution in [0.4, 0.5) is 0 Å². The van der Waals surface area contributed by atoms with Gasteiger partial charge in [-0.2, -0.15) is 0 Å². The van der Waals surface area contributed by atoms with Gasteiger partial charge in [0.15, 0.2) is 5.82 Å². The fourth-order valence-electron chi connectivity index (χ4n) is 2.93. The van der Waals surface area contributed by atoms with Gasteiger partial charge in [0.25, 0.3) is 0 Å². The number of hydrogen-bond acceptors (Lipinski definition) is 5. The molecular formula is C15H21N5O. The SMILES string of the molecule is Cn1nnnc1-c1cc(O)cc(CCC2CCCCN2)c1. The summed E-state index contributed by atoms with van der Waals surface area (Å²) in [6, 6.07) is 6.19. The van der Waals surface area contributed by atoms with Crippen LogP contribution in [0.25, 0.3) is 11.4 Å². The Morgan fingerprint density at radius 3 is 2.95 bits per heavy atom. The quantitative estimate of drug-likeness (QED) is 0.894. The summed E-state index contributed by atoms with van der Waals surface area (Å²) in [5.41, 5.74) is 1.98.